The molecule has 0 aliphatic carbocycles. The zero-order chi connectivity index (χ0) is 14.0. The molecule has 1 aliphatic rings. The number of ether oxygens (including phenoxy) is 1. The molecule has 0 fully saturated rings. The molecule has 102 valence electrons. The minimum atomic E-state index is -3.51. The molecule has 0 radical (unpaired) electrons. The summed E-state index contributed by atoms with van der Waals surface area (Å²) in [5.74, 6) is -0.452. The van der Waals surface area contributed by atoms with Crippen LogP contribution in [0.1, 0.15) is 18.9 Å². The Bertz CT molecular complexity index is 647. The van der Waals surface area contributed by atoms with Crippen molar-refractivity contribution in [3.05, 3.63) is 34.9 Å². The van der Waals surface area contributed by atoms with Gasteiger partial charge in [0.15, 0.2) is 0 Å². The van der Waals surface area contributed by atoms with Crippen LogP contribution >= 0.6 is 0 Å². The number of fused-ring (bicyclic) bond motifs is 1. The van der Waals surface area contributed by atoms with Crippen molar-refractivity contribution in [2.75, 3.05) is 11.9 Å². The van der Waals surface area contributed by atoms with Crippen LogP contribution in [0.5, 0.6) is 0 Å². The molecule has 1 heterocycles. The van der Waals surface area contributed by atoms with Gasteiger partial charge in [-0.3, -0.25) is 4.79 Å². The number of sulfone groups is 1. The van der Waals surface area contributed by atoms with Gasteiger partial charge < -0.3 is 10.1 Å². The molecular weight excluding hydrogens is 266 g/mol. The molecule has 2 rings (SSSR count). The molecule has 0 aromatic heterocycles. The minimum Gasteiger partial charge on any atom is -0.466 e. The SMILES string of the molecule is CCOC(=O)CC1=CS(=O)(=O)c2cc(C)ccc2N1. The Hall–Kier alpha value is -1.82. The van der Waals surface area contributed by atoms with Gasteiger partial charge in [0, 0.05) is 5.70 Å². The Kier molecular flexibility index (Phi) is 3.61. The van der Waals surface area contributed by atoms with Crippen molar-refractivity contribution in [2.45, 2.75) is 25.2 Å². The van der Waals surface area contributed by atoms with Crippen molar-refractivity contribution >= 4 is 21.5 Å². The van der Waals surface area contributed by atoms with Crippen LogP contribution in [0, 0.1) is 6.92 Å². The van der Waals surface area contributed by atoms with E-state index < -0.39 is 15.8 Å². The van der Waals surface area contributed by atoms with Crippen molar-refractivity contribution in [3.8, 4) is 0 Å². The number of carbonyl (C=O) groups excluding carboxylic acids is 1. The third-order valence-electron chi connectivity index (χ3n) is 2.68. The monoisotopic (exact) mass is 281 g/mol. The van der Waals surface area contributed by atoms with Gasteiger partial charge in [-0.2, -0.15) is 0 Å². The fraction of sp³-hybridized carbons (Fsp3) is 0.308. The largest absolute Gasteiger partial charge is 0.466 e. The highest BCUT2D eigenvalue weighted by Crippen LogP contribution is 2.31. The summed E-state index contributed by atoms with van der Waals surface area (Å²) in [5, 5.41) is 4.04. The molecule has 0 atom stereocenters. The first-order valence-corrected chi connectivity index (χ1v) is 7.46. The number of carbonyl (C=O) groups is 1. The van der Waals surface area contributed by atoms with Crippen LogP contribution in [-0.4, -0.2) is 21.0 Å². The lowest BCUT2D eigenvalue weighted by atomic mass is 10.2. The zero-order valence-corrected chi connectivity index (χ0v) is 11.6. The Labute approximate surface area is 112 Å². The molecule has 0 saturated heterocycles. The van der Waals surface area contributed by atoms with Crippen molar-refractivity contribution < 1.29 is 17.9 Å². The average molecular weight is 281 g/mol. The van der Waals surface area contributed by atoms with Crippen LogP contribution in [0.4, 0.5) is 5.69 Å². The third-order valence-corrected chi connectivity index (χ3v) is 4.22. The standard InChI is InChI=1S/C13H15NO4S/c1-3-18-13(15)7-10-8-19(16,17)12-6-9(2)4-5-11(12)14-10/h4-6,8,14H,3,7H2,1-2H3. The summed E-state index contributed by atoms with van der Waals surface area (Å²) >= 11 is 0. The highest BCUT2D eigenvalue weighted by atomic mass is 32.2. The Morgan fingerprint density at radius 3 is 2.79 bits per heavy atom. The van der Waals surface area contributed by atoms with Crippen LogP contribution in [0.2, 0.25) is 0 Å². The molecule has 0 bridgehead atoms. The quantitative estimate of drug-likeness (QED) is 0.858. The van der Waals surface area contributed by atoms with E-state index in [0.29, 0.717) is 11.4 Å². The van der Waals surface area contributed by atoms with Gasteiger partial charge in [-0.1, -0.05) is 6.07 Å². The molecule has 19 heavy (non-hydrogen) atoms. The van der Waals surface area contributed by atoms with Gasteiger partial charge in [-0.15, -0.1) is 0 Å². The smallest absolute Gasteiger partial charge is 0.311 e. The topological polar surface area (TPSA) is 72.5 Å². The number of hydrogen-bond acceptors (Lipinski definition) is 5. The van der Waals surface area contributed by atoms with Gasteiger partial charge >= 0.3 is 5.97 Å². The molecule has 0 saturated carbocycles. The summed E-state index contributed by atoms with van der Waals surface area (Å²) in [6.45, 7) is 3.80. The first-order valence-electron chi connectivity index (χ1n) is 5.91. The second-order valence-electron chi connectivity index (χ2n) is 4.29. The maximum atomic E-state index is 12.1. The van der Waals surface area contributed by atoms with E-state index >= 15 is 0 Å². The Morgan fingerprint density at radius 2 is 2.11 bits per heavy atom. The van der Waals surface area contributed by atoms with Gasteiger partial charge in [0.05, 0.1) is 29.0 Å². The third kappa shape index (κ3) is 2.96. The van der Waals surface area contributed by atoms with Gasteiger partial charge in [-0.05, 0) is 31.5 Å². The van der Waals surface area contributed by atoms with Crippen molar-refractivity contribution in [3.63, 3.8) is 0 Å². The summed E-state index contributed by atoms with van der Waals surface area (Å²) in [7, 11) is -3.51. The van der Waals surface area contributed by atoms with E-state index in [4.69, 9.17) is 4.74 Å². The van der Waals surface area contributed by atoms with Crippen molar-refractivity contribution in [2.24, 2.45) is 0 Å². The fourth-order valence-corrected chi connectivity index (χ4v) is 3.29. The van der Waals surface area contributed by atoms with E-state index in [2.05, 4.69) is 5.32 Å². The molecule has 1 aromatic carbocycles. The molecule has 0 amide bonds. The number of aryl methyl sites for hydroxylation is 1. The van der Waals surface area contributed by atoms with Crippen LogP contribution in [0.25, 0.3) is 0 Å². The number of esters is 1. The first-order chi connectivity index (χ1) is 8.92. The summed E-state index contributed by atoms with van der Waals surface area (Å²) in [6, 6.07) is 5.12. The molecule has 0 spiro atoms. The first kappa shape index (κ1) is 13.6. The maximum Gasteiger partial charge on any atom is 0.311 e. The lowest BCUT2D eigenvalue weighted by molar-refractivity contribution is -0.142. The van der Waals surface area contributed by atoms with E-state index in [0.717, 1.165) is 11.0 Å². The van der Waals surface area contributed by atoms with Crippen LogP contribution in [-0.2, 0) is 19.4 Å². The van der Waals surface area contributed by atoms with Gasteiger partial charge in [0.1, 0.15) is 0 Å². The Balaban J connectivity index is 2.32. The molecule has 1 aromatic rings. The molecule has 1 N–H and O–H groups in total. The Morgan fingerprint density at radius 1 is 1.37 bits per heavy atom. The normalized spacial score (nSPS) is 16.0. The van der Waals surface area contributed by atoms with E-state index in [-0.39, 0.29) is 17.9 Å². The summed E-state index contributed by atoms with van der Waals surface area (Å²) < 4.78 is 29.0. The molecule has 0 unspecified atom stereocenters. The minimum absolute atomic E-state index is 0.0829. The maximum absolute atomic E-state index is 12.1. The van der Waals surface area contributed by atoms with E-state index in [1.165, 1.54) is 0 Å². The van der Waals surface area contributed by atoms with Crippen molar-refractivity contribution in [1.82, 2.24) is 0 Å². The van der Waals surface area contributed by atoms with Crippen LogP contribution < -0.4 is 5.32 Å². The number of benzene rings is 1. The second kappa shape index (κ2) is 5.05. The molecule has 1 aliphatic heterocycles. The number of nitrogens with one attached hydrogen (secondary N) is 1. The van der Waals surface area contributed by atoms with Crippen LogP contribution in [0.15, 0.2) is 34.2 Å². The van der Waals surface area contributed by atoms with Gasteiger partial charge in [0.25, 0.3) is 0 Å². The number of hydrogen-bond donors (Lipinski definition) is 1. The van der Waals surface area contributed by atoms with E-state index in [1.807, 2.05) is 13.0 Å². The number of rotatable bonds is 3. The fourth-order valence-electron chi connectivity index (χ4n) is 1.87. The summed E-state index contributed by atoms with van der Waals surface area (Å²) in [5.41, 5.74) is 1.69. The summed E-state index contributed by atoms with van der Waals surface area (Å²) in [6.07, 6.45) is -0.0829. The lowest BCUT2D eigenvalue weighted by Gasteiger charge is -2.19. The van der Waals surface area contributed by atoms with Gasteiger partial charge in [0.2, 0.25) is 9.84 Å². The zero-order valence-electron chi connectivity index (χ0n) is 10.8. The van der Waals surface area contributed by atoms with Crippen molar-refractivity contribution in [1.29, 1.82) is 0 Å². The van der Waals surface area contributed by atoms with E-state index in [9.17, 15) is 13.2 Å². The second-order valence-corrected chi connectivity index (χ2v) is 6.06. The highest BCUT2D eigenvalue weighted by molar-refractivity contribution is 7.94. The average Bonchev–Trinajstić information content (AvgIpc) is 2.30. The van der Waals surface area contributed by atoms with Gasteiger partial charge in [-0.25, -0.2) is 8.42 Å². The summed E-state index contributed by atoms with van der Waals surface area (Å²) in [4.78, 5) is 11.6. The highest BCUT2D eigenvalue weighted by Gasteiger charge is 2.24. The lowest BCUT2D eigenvalue weighted by Crippen LogP contribution is -2.17. The predicted molar refractivity (Wildman–Crippen MR) is 71.3 cm³/mol. The molecular formula is C13H15NO4S. The number of anilines is 1. The predicted octanol–water partition coefficient (Wildman–Crippen LogP) is 1.99. The van der Waals surface area contributed by atoms with E-state index in [1.54, 1.807) is 19.1 Å². The molecule has 6 heteroatoms. The van der Waals surface area contributed by atoms with Crippen LogP contribution in [0.3, 0.4) is 0 Å². The molecule has 5 nitrogen and oxygen atoms in total.